The van der Waals surface area contributed by atoms with Crippen molar-refractivity contribution in [2.24, 2.45) is 16.3 Å². The molecular formula is C36H42F5NO2Si. The van der Waals surface area contributed by atoms with Crippen LogP contribution in [0.25, 0.3) is 5.57 Å². The Labute approximate surface area is 263 Å². The fourth-order valence-corrected chi connectivity index (χ4v) is 7.96. The summed E-state index contributed by atoms with van der Waals surface area (Å²) < 4.78 is 76.8. The Kier molecular flexibility index (Phi) is 8.48. The zero-order chi connectivity index (χ0) is 33.2. The van der Waals surface area contributed by atoms with Gasteiger partial charge in [0.05, 0.1) is 16.8 Å². The van der Waals surface area contributed by atoms with E-state index in [-0.39, 0.29) is 27.5 Å². The van der Waals surface area contributed by atoms with Gasteiger partial charge in [0.15, 0.2) is 31.5 Å². The number of rotatable bonds is 6. The van der Waals surface area contributed by atoms with E-state index in [1.54, 1.807) is 0 Å². The topological polar surface area (TPSA) is 38.7 Å². The van der Waals surface area contributed by atoms with Crippen molar-refractivity contribution in [2.75, 3.05) is 0 Å². The molecule has 2 aliphatic carbocycles. The third-order valence-electron chi connectivity index (χ3n) is 9.96. The number of halogens is 5. The average molecular weight is 644 g/mol. The highest BCUT2D eigenvalue weighted by Crippen LogP contribution is 2.55. The molecule has 3 aliphatic rings. The monoisotopic (exact) mass is 643 g/mol. The molecule has 1 unspecified atom stereocenters. The number of dihydropyridines is 1. The van der Waals surface area contributed by atoms with Gasteiger partial charge in [0.2, 0.25) is 0 Å². The number of carbonyl (C=O) groups is 1. The molecule has 3 nitrogen and oxygen atoms in total. The highest BCUT2D eigenvalue weighted by molar-refractivity contribution is 6.74. The number of hydrogen-bond acceptors (Lipinski definition) is 3. The smallest absolute Gasteiger partial charge is 0.390 e. The summed E-state index contributed by atoms with van der Waals surface area (Å²) in [5.41, 5.74) is -0.0431. The predicted molar refractivity (Wildman–Crippen MR) is 171 cm³/mol. The van der Waals surface area contributed by atoms with E-state index in [1.807, 2.05) is 6.08 Å². The SMILES string of the molecule is CC1(C)CC=C2C(c3ccc(F)c(F)c3)=C(C(=O)c3ccc(C(F)(F)F)cc3)C(C3CCCC3)=NC2(O[Si](C)(C)C(C)(C)C)C1. The molecule has 242 valence electrons. The minimum absolute atomic E-state index is 0.0679. The molecule has 45 heavy (non-hydrogen) atoms. The molecule has 2 aromatic rings. The second kappa shape index (κ2) is 11.4. The lowest BCUT2D eigenvalue weighted by Crippen LogP contribution is -2.54. The Bertz CT molecular complexity index is 1590. The molecule has 1 heterocycles. The zero-order valence-corrected chi connectivity index (χ0v) is 28.1. The number of nitrogens with zero attached hydrogens (tertiary/aromatic N) is 1. The second-order valence-electron chi connectivity index (χ2n) is 15.1. The van der Waals surface area contributed by atoms with E-state index >= 15 is 0 Å². The van der Waals surface area contributed by atoms with Crippen molar-refractivity contribution in [1.82, 2.24) is 0 Å². The molecule has 1 fully saturated rings. The van der Waals surface area contributed by atoms with Crippen molar-refractivity contribution in [3.8, 4) is 0 Å². The quantitative estimate of drug-likeness (QED) is 0.178. The van der Waals surface area contributed by atoms with E-state index in [0.29, 0.717) is 35.3 Å². The van der Waals surface area contributed by atoms with Crippen molar-refractivity contribution in [3.63, 3.8) is 0 Å². The van der Waals surface area contributed by atoms with Gasteiger partial charge in [-0.25, -0.2) is 8.78 Å². The normalized spacial score (nSPS) is 22.7. The maximum absolute atomic E-state index is 14.9. The van der Waals surface area contributed by atoms with Gasteiger partial charge in [-0.1, -0.05) is 71.7 Å². The van der Waals surface area contributed by atoms with Crippen LogP contribution in [-0.4, -0.2) is 25.5 Å². The zero-order valence-electron chi connectivity index (χ0n) is 27.1. The number of fused-ring (bicyclic) bond motifs is 1. The maximum atomic E-state index is 14.9. The van der Waals surface area contributed by atoms with E-state index in [9.17, 15) is 26.7 Å². The fraction of sp³-hybridized carbons (Fsp3) is 0.500. The van der Waals surface area contributed by atoms with E-state index in [1.165, 1.54) is 18.2 Å². The van der Waals surface area contributed by atoms with Crippen molar-refractivity contribution >= 4 is 25.4 Å². The summed E-state index contributed by atoms with van der Waals surface area (Å²) in [4.78, 5) is 20.0. The number of ketones is 1. The van der Waals surface area contributed by atoms with Crippen LogP contribution in [0, 0.1) is 23.0 Å². The molecule has 0 aromatic heterocycles. The molecule has 2 aromatic carbocycles. The van der Waals surface area contributed by atoms with Gasteiger partial charge >= 0.3 is 6.18 Å². The van der Waals surface area contributed by atoms with Gasteiger partial charge in [-0.15, -0.1) is 0 Å². The molecule has 0 spiro atoms. The van der Waals surface area contributed by atoms with Crippen LogP contribution < -0.4 is 0 Å². The Morgan fingerprint density at radius 3 is 2.13 bits per heavy atom. The van der Waals surface area contributed by atoms with E-state index in [0.717, 1.165) is 49.9 Å². The molecule has 0 bridgehead atoms. The van der Waals surface area contributed by atoms with Crippen LogP contribution in [0.5, 0.6) is 0 Å². The molecule has 0 saturated heterocycles. The Morgan fingerprint density at radius 2 is 1.58 bits per heavy atom. The number of hydrogen-bond donors (Lipinski definition) is 0. The Balaban J connectivity index is 1.84. The second-order valence-corrected chi connectivity index (χ2v) is 19.8. The minimum atomic E-state index is -4.56. The minimum Gasteiger partial charge on any atom is -0.390 e. The van der Waals surface area contributed by atoms with Crippen LogP contribution in [0.1, 0.15) is 94.6 Å². The van der Waals surface area contributed by atoms with Gasteiger partial charge in [-0.05, 0) is 72.6 Å². The molecule has 0 amide bonds. The standard InChI is InChI=1S/C36H42F5NO2Si/c1-33(2,3)45(6,7)44-35-21-34(4,5)19-18-26(35)29(24-14-17-27(37)28(38)20-24)30(31(42-35)22-10-8-9-11-22)32(43)23-12-15-25(16-13-23)36(39,40)41/h12-18,20,22H,8-11,19,21H2,1-7H3. The number of aliphatic imine (C=N–C) groups is 1. The van der Waals surface area contributed by atoms with Gasteiger partial charge in [0, 0.05) is 29.0 Å². The number of carbonyl (C=O) groups excluding carboxylic acids is 1. The van der Waals surface area contributed by atoms with Crippen LogP contribution in [-0.2, 0) is 10.6 Å². The maximum Gasteiger partial charge on any atom is 0.416 e. The number of Topliss-reactive ketones (excluding diaryl/α,β-unsaturated/α-hetero) is 1. The third kappa shape index (κ3) is 6.39. The van der Waals surface area contributed by atoms with Crippen LogP contribution in [0.4, 0.5) is 22.0 Å². The van der Waals surface area contributed by atoms with Crippen LogP contribution in [0.15, 0.2) is 64.7 Å². The molecule has 1 atom stereocenters. The van der Waals surface area contributed by atoms with Crippen molar-refractivity contribution in [3.05, 3.63) is 88.0 Å². The first kappa shape index (κ1) is 33.5. The van der Waals surface area contributed by atoms with E-state index in [4.69, 9.17) is 9.42 Å². The van der Waals surface area contributed by atoms with Gasteiger partial charge in [0.1, 0.15) is 0 Å². The summed E-state index contributed by atoms with van der Waals surface area (Å²) in [6.07, 6.45) is 2.06. The summed E-state index contributed by atoms with van der Waals surface area (Å²) in [6, 6.07) is 7.76. The van der Waals surface area contributed by atoms with E-state index in [2.05, 4.69) is 47.7 Å². The lowest BCUT2D eigenvalue weighted by Gasteiger charge is -2.51. The van der Waals surface area contributed by atoms with Gasteiger partial charge < -0.3 is 4.43 Å². The molecule has 9 heteroatoms. The first-order valence-corrected chi connectivity index (χ1v) is 18.6. The number of allylic oxidation sites excluding steroid dienone is 2. The van der Waals surface area contributed by atoms with E-state index < -0.39 is 43.2 Å². The first-order valence-electron chi connectivity index (χ1n) is 15.7. The summed E-state index contributed by atoms with van der Waals surface area (Å²) in [5.74, 6) is -2.66. The summed E-state index contributed by atoms with van der Waals surface area (Å²) in [5, 5.41) is -0.181. The predicted octanol–water partition coefficient (Wildman–Crippen LogP) is 10.7. The molecule has 5 rings (SSSR count). The molecule has 1 aliphatic heterocycles. The lowest BCUT2D eigenvalue weighted by atomic mass is 9.68. The van der Waals surface area contributed by atoms with Crippen LogP contribution in [0.2, 0.25) is 18.1 Å². The van der Waals surface area contributed by atoms with Gasteiger partial charge in [-0.2, -0.15) is 13.2 Å². The van der Waals surface area contributed by atoms with Gasteiger partial charge in [0.25, 0.3) is 0 Å². The van der Waals surface area contributed by atoms with Crippen molar-refractivity contribution in [1.29, 1.82) is 0 Å². The Morgan fingerprint density at radius 1 is 0.956 bits per heavy atom. The lowest BCUT2D eigenvalue weighted by molar-refractivity contribution is -0.137. The first-order chi connectivity index (χ1) is 20.7. The third-order valence-corrected chi connectivity index (χ3v) is 14.4. The highest BCUT2D eigenvalue weighted by Gasteiger charge is 2.54. The summed E-state index contributed by atoms with van der Waals surface area (Å²) in [6.45, 7) is 15.0. The van der Waals surface area contributed by atoms with Crippen LogP contribution >= 0.6 is 0 Å². The molecule has 0 N–H and O–H groups in total. The summed E-state index contributed by atoms with van der Waals surface area (Å²) >= 11 is 0. The number of alkyl halides is 3. The fourth-order valence-electron chi connectivity index (χ4n) is 6.58. The summed E-state index contributed by atoms with van der Waals surface area (Å²) in [7, 11) is -2.53. The molecule has 1 saturated carbocycles. The van der Waals surface area contributed by atoms with Crippen molar-refractivity contribution < 1.29 is 31.2 Å². The number of benzene rings is 2. The highest BCUT2D eigenvalue weighted by atomic mass is 28.4. The van der Waals surface area contributed by atoms with Gasteiger partial charge in [-0.3, -0.25) is 9.79 Å². The molecule has 0 radical (unpaired) electrons. The Hall–Kier alpha value is -2.91. The largest absolute Gasteiger partial charge is 0.416 e. The van der Waals surface area contributed by atoms with Crippen molar-refractivity contribution in [2.45, 2.75) is 103 Å². The average Bonchev–Trinajstić information content (AvgIpc) is 3.46. The molecular weight excluding hydrogens is 601 g/mol. The van der Waals surface area contributed by atoms with Crippen LogP contribution in [0.3, 0.4) is 0 Å².